The molecule has 2 atom stereocenters. The Bertz CT molecular complexity index is 1150. The van der Waals surface area contributed by atoms with Crippen LogP contribution in [0, 0.1) is 5.92 Å². The standard InChI is InChI=1S/C24H26N4O3/c1-31-21-5-3-2-4-17(21)6-9-22(29)27-13-16-12-18(15-27)20-8-7-19(23-25-10-11-26-23)24(30)28(20)14-16/h2-5,7-8,10-11,16,18H,6,9,12-15H2,1H3,(H,25,26)/t16-,18+/m0/s1. The van der Waals surface area contributed by atoms with Gasteiger partial charge in [0.1, 0.15) is 11.6 Å². The van der Waals surface area contributed by atoms with Gasteiger partial charge in [-0.2, -0.15) is 0 Å². The fraction of sp³-hybridized carbons (Fsp3) is 0.375. The van der Waals surface area contributed by atoms with E-state index in [1.165, 1.54) is 0 Å². The first-order valence-electron chi connectivity index (χ1n) is 10.8. The number of aromatic amines is 1. The Balaban J connectivity index is 1.32. The first-order chi connectivity index (χ1) is 15.1. The summed E-state index contributed by atoms with van der Waals surface area (Å²) < 4.78 is 7.30. The molecule has 7 heteroatoms. The Morgan fingerprint density at radius 3 is 2.87 bits per heavy atom. The van der Waals surface area contributed by atoms with E-state index in [0.29, 0.717) is 49.8 Å². The van der Waals surface area contributed by atoms with Gasteiger partial charge in [0, 0.05) is 50.1 Å². The minimum absolute atomic E-state index is 0.00176. The van der Waals surface area contributed by atoms with Crippen molar-refractivity contribution in [3.63, 3.8) is 0 Å². The number of imidazole rings is 1. The maximum atomic E-state index is 13.1. The van der Waals surface area contributed by atoms with Crippen molar-refractivity contribution in [1.82, 2.24) is 19.4 Å². The van der Waals surface area contributed by atoms with Gasteiger partial charge in [0.15, 0.2) is 0 Å². The molecule has 3 aromatic rings. The van der Waals surface area contributed by atoms with Gasteiger partial charge in [-0.3, -0.25) is 9.59 Å². The predicted molar refractivity (Wildman–Crippen MR) is 117 cm³/mol. The molecule has 2 bridgehead atoms. The summed E-state index contributed by atoms with van der Waals surface area (Å²) >= 11 is 0. The van der Waals surface area contributed by atoms with Crippen LogP contribution >= 0.6 is 0 Å². The smallest absolute Gasteiger partial charge is 0.261 e. The largest absolute Gasteiger partial charge is 0.496 e. The zero-order chi connectivity index (χ0) is 21.4. The molecule has 0 unspecified atom stereocenters. The third kappa shape index (κ3) is 3.65. The molecule has 0 spiro atoms. The highest BCUT2D eigenvalue weighted by molar-refractivity contribution is 5.77. The molecule has 2 aliphatic rings. The number of para-hydroxylation sites is 1. The van der Waals surface area contributed by atoms with Gasteiger partial charge in [-0.05, 0) is 42.5 Å². The second-order valence-electron chi connectivity index (χ2n) is 8.43. The van der Waals surface area contributed by atoms with E-state index in [9.17, 15) is 9.59 Å². The van der Waals surface area contributed by atoms with Crippen molar-refractivity contribution in [2.75, 3.05) is 20.2 Å². The topological polar surface area (TPSA) is 80.2 Å². The number of hydrogen-bond acceptors (Lipinski definition) is 4. The second-order valence-corrected chi connectivity index (χ2v) is 8.43. The third-order valence-electron chi connectivity index (χ3n) is 6.51. The number of nitrogens with zero attached hydrogens (tertiary/aromatic N) is 3. The van der Waals surface area contributed by atoms with Crippen molar-refractivity contribution < 1.29 is 9.53 Å². The minimum Gasteiger partial charge on any atom is -0.496 e. The second kappa shape index (κ2) is 8.06. The highest BCUT2D eigenvalue weighted by Crippen LogP contribution is 2.36. The number of aromatic nitrogens is 3. The van der Waals surface area contributed by atoms with Crippen LogP contribution in [0.4, 0.5) is 0 Å². The van der Waals surface area contributed by atoms with Gasteiger partial charge >= 0.3 is 0 Å². The molecule has 0 saturated carbocycles. The SMILES string of the molecule is COc1ccccc1CCC(=O)N1C[C@@H]2C[C@H](C1)c1ccc(-c3ncc[nH]3)c(=O)n1C2. The Morgan fingerprint density at radius 2 is 2.06 bits per heavy atom. The van der Waals surface area contributed by atoms with E-state index in [0.717, 1.165) is 23.4 Å². The molecule has 2 aromatic heterocycles. The first-order valence-corrected chi connectivity index (χ1v) is 10.8. The van der Waals surface area contributed by atoms with Crippen LogP contribution in [0.2, 0.25) is 0 Å². The highest BCUT2D eigenvalue weighted by Gasteiger charge is 2.36. The molecule has 2 aliphatic heterocycles. The summed E-state index contributed by atoms with van der Waals surface area (Å²) in [6.07, 6.45) is 5.53. The zero-order valence-corrected chi connectivity index (χ0v) is 17.6. The average Bonchev–Trinajstić information content (AvgIpc) is 3.33. The summed E-state index contributed by atoms with van der Waals surface area (Å²) in [6, 6.07) is 11.7. The van der Waals surface area contributed by atoms with Gasteiger partial charge in [0.05, 0.1) is 12.7 Å². The molecular formula is C24H26N4O3. The van der Waals surface area contributed by atoms with Crippen LogP contribution in [0.1, 0.15) is 30.0 Å². The maximum absolute atomic E-state index is 13.1. The number of nitrogens with one attached hydrogen (secondary N) is 1. The molecule has 4 heterocycles. The van der Waals surface area contributed by atoms with Crippen molar-refractivity contribution in [1.29, 1.82) is 0 Å². The number of amides is 1. The van der Waals surface area contributed by atoms with Gasteiger partial charge in [-0.15, -0.1) is 0 Å². The van der Waals surface area contributed by atoms with Gasteiger partial charge in [0.25, 0.3) is 5.56 Å². The van der Waals surface area contributed by atoms with Crippen LogP contribution in [-0.4, -0.2) is 45.5 Å². The first kappa shape index (κ1) is 19.6. The monoisotopic (exact) mass is 418 g/mol. The molecular weight excluding hydrogens is 392 g/mol. The number of aryl methyl sites for hydroxylation is 1. The number of carbonyl (C=O) groups is 1. The van der Waals surface area contributed by atoms with Crippen LogP contribution in [0.15, 0.2) is 53.6 Å². The molecule has 31 heavy (non-hydrogen) atoms. The van der Waals surface area contributed by atoms with Crippen LogP contribution in [0.3, 0.4) is 0 Å². The third-order valence-corrected chi connectivity index (χ3v) is 6.51. The number of ether oxygens (including phenoxy) is 1. The lowest BCUT2D eigenvalue weighted by atomic mass is 9.82. The van der Waals surface area contributed by atoms with E-state index < -0.39 is 0 Å². The number of pyridine rings is 1. The number of benzene rings is 1. The molecule has 1 amide bonds. The van der Waals surface area contributed by atoms with E-state index in [1.807, 2.05) is 45.9 Å². The van der Waals surface area contributed by atoms with E-state index in [4.69, 9.17) is 4.74 Å². The summed E-state index contributed by atoms with van der Waals surface area (Å²) in [4.78, 5) is 35.3. The lowest BCUT2D eigenvalue weighted by Gasteiger charge is -2.43. The van der Waals surface area contributed by atoms with Crippen LogP contribution in [0.25, 0.3) is 11.4 Å². The summed E-state index contributed by atoms with van der Waals surface area (Å²) in [7, 11) is 1.66. The summed E-state index contributed by atoms with van der Waals surface area (Å²) in [6.45, 7) is 2.02. The summed E-state index contributed by atoms with van der Waals surface area (Å²) in [5, 5.41) is 0. The number of H-pyrrole nitrogens is 1. The quantitative estimate of drug-likeness (QED) is 0.691. The summed E-state index contributed by atoms with van der Waals surface area (Å²) in [5.74, 6) is 2.09. The van der Waals surface area contributed by atoms with Crippen LogP contribution in [-0.2, 0) is 17.8 Å². The Labute approximate surface area is 180 Å². The van der Waals surface area contributed by atoms with Crippen molar-refractivity contribution >= 4 is 5.91 Å². The number of fused-ring (bicyclic) bond motifs is 4. The maximum Gasteiger partial charge on any atom is 0.261 e. The minimum atomic E-state index is -0.00176. The van der Waals surface area contributed by atoms with Gasteiger partial charge in [-0.1, -0.05) is 18.2 Å². The molecule has 5 rings (SSSR count). The molecule has 0 radical (unpaired) electrons. The highest BCUT2D eigenvalue weighted by atomic mass is 16.5. The fourth-order valence-electron chi connectivity index (χ4n) is 5.05. The Hall–Kier alpha value is -3.35. The number of rotatable bonds is 5. The molecule has 1 fully saturated rings. The zero-order valence-electron chi connectivity index (χ0n) is 17.6. The van der Waals surface area contributed by atoms with E-state index in [-0.39, 0.29) is 17.4 Å². The number of likely N-dealkylation sites (tertiary alicyclic amines) is 1. The van der Waals surface area contributed by atoms with Crippen molar-refractivity contribution in [2.45, 2.75) is 31.7 Å². The lowest BCUT2D eigenvalue weighted by molar-refractivity contribution is -0.133. The lowest BCUT2D eigenvalue weighted by Crippen LogP contribution is -2.49. The molecule has 1 aromatic carbocycles. The van der Waals surface area contributed by atoms with Crippen molar-refractivity contribution in [3.05, 3.63) is 70.4 Å². The van der Waals surface area contributed by atoms with Gasteiger partial charge < -0.3 is 19.2 Å². The fourth-order valence-corrected chi connectivity index (χ4v) is 5.05. The van der Waals surface area contributed by atoms with Gasteiger partial charge in [-0.25, -0.2) is 4.98 Å². The van der Waals surface area contributed by atoms with Crippen LogP contribution in [0.5, 0.6) is 5.75 Å². The Morgan fingerprint density at radius 1 is 1.19 bits per heavy atom. The predicted octanol–water partition coefficient (Wildman–Crippen LogP) is 2.83. The van der Waals surface area contributed by atoms with E-state index in [2.05, 4.69) is 9.97 Å². The van der Waals surface area contributed by atoms with Gasteiger partial charge in [0.2, 0.25) is 5.91 Å². The number of piperidine rings is 1. The van der Waals surface area contributed by atoms with E-state index >= 15 is 0 Å². The van der Waals surface area contributed by atoms with Crippen molar-refractivity contribution in [2.24, 2.45) is 5.92 Å². The number of carbonyl (C=O) groups excluding carboxylic acids is 1. The number of hydrogen-bond donors (Lipinski definition) is 1. The molecule has 160 valence electrons. The Kier molecular flexibility index (Phi) is 5.10. The number of methoxy groups -OCH3 is 1. The molecule has 1 saturated heterocycles. The summed E-state index contributed by atoms with van der Waals surface area (Å²) in [5.41, 5.74) is 2.67. The van der Waals surface area contributed by atoms with E-state index in [1.54, 1.807) is 19.5 Å². The molecule has 1 N–H and O–H groups in total. The normalized spacial score (nSPS) is 19.7. The average molecular weight is 418 g/mol. The molecule has 0 aliphatic carbocycles. The van der Waals surface area contributed by atoms with Crippen molar-refractivity contribution in [3.8, 4) is 17.1 Å². The molecule has 7 nitrogen and oxygen atoms in total. The van der Waals surface area contributed by atoms with Crippen LogP contribution < -0.4 is 10.3 Å².